The Labute approximate surface area is 219 Å². The summed E-state index contributed by atoms with van der Waals surface area (Å²) >= 11 is 6.53. The van der Waals surface area contributed by atoms with Gasteiger partial charge in [-0.05, 0) is 56.8 Å². The summed E-state index contributed by atoms with van der Waals surface area (Å²) in [5.41, 5.74) is 8.89. The van der Waals surface area contributed by atoms with E-state index in [4.69, 9.17) is 32.0 Å². The van der Waals surface area contributed by atoms with Crippen molar-refractivity contribution < 1.29 is 13.9 Å². The molecule has 5 rings (SSSR count). The van der Waals surface area contributed by atoms with Crippen LogP contribution >= 0.6 is 11.6 Å². The number of hydrogen-bond donors (Lipinski definition) is 1. The Morgan fingerprint density at radius 2 is 2.05 bits per heavy atom. The zero-order valence-electron chi connectivity index (χ0n) is 20.5. The average Bonchev–Trinajstić information content (AvgIpc) is 3.30. The number of allylic oxidation sites excluding steroid dienone is 1. The number of aldehydes is 1. The van der Waals surface area contributed by atoms with Crippen LogP contribution in [0, 0.1) is 5.82 Å². The summed E-state index contributed by atoms with van der Waals surface area (Å²) in [7, 11) is 2.11. The molecule has 1 saturated heterocycles. The van der Waals surface area contributed by atoms with Crippen LogP contribution in [0.1, 0.15) is 24.4 Å². The number of nitrogen functional groups attached to an aromatic ring is 1. The van der Waals surface area contributed by atoms with E-state index < -0.39 is 0 Å². The monoisotopic (exact) mass is 522 g/mol. The number of halogens is 2. The maximum atomic E-state index is 13.9. The predicted molar refractivity (Wildman–Crippen MR) is 143 cm³/mol. The minimum Gasteiger partial charge on any atom is -0.487 e. The maximum Gasteiger partial charge on any atom is 0.164 e. The van der Waals surface area contributed by atoms with E-state index >= 15 is 0 Å². The molecular weight excluding hydrogens is 495 g/mol. The Balaban J connectivity index is 0.000000747. The summed E-state index contributed by atoms with van der Waals surface area (Å²) in [5, 5.41) is 6.03. The van der Waals surface area contributed by atoms with Gasteiger partial charge < -0.3 is 15.4 Å². The van der Waals surface area contributed by atoms with Gasteiger partial charge in [-0.3, -0.25) is 4.79 Å². The van der Waals surface area contributed by atoms with Gasteiger partial charge in [0.2, 0.25) is 0 Å². The number of anilines is 1. The van der Waals surface area contributed by atoms with Crippen LogP contribution in [0.15, 0.2) is 61.4 Å². The zero-order valence-corrected chi connectivity index (χ0v) is 21.2. The fraction of sp³-hybridized carbons (Fsp3) is 0.259. The Hall–Kier alpha value is -3.82. The summed E-state index contributed by atoms with van der Waals surface area (Å²) in [5.74, 6) is 0.526. The maximum absolute atomic E-state index is 13.9. The van der Waals surface area contributed by atoms with Gasteiger partial charge >= 0.3 is 0 Å². The Bertz CT molecular complexity index is 1400. The molecule has 1 aliphatic heterocycles. The van der Waals surface area contributed by atoms with Gasteiger partial charge in [-0.15, -0.1) is 0 Å². The fourth-order valence-electron chi connectivity index (χ4n) is 4.33. The molecule has 1 atom stereocenters. The molecule has 0 amide bonds. The van der Waals surface area contributed by atoms with Crippen LogP contribution in [-0.4, -0.2) is 51.1 Å². The van der Waals surface area contributed by atoms with Gasteiger partial charge in [0, 0.05) is 17.7 Å². The van der Waals surface area contributed by atoms with Gasteiger partial charge in [0.25, 0.3) is 0 Å². The summed E-state index contributed by atoms with van der Waals surface area (Å²) < 4.78 is 21.6. The summed E-state index contributed by atoms with van der Waals surface area (Å²) in [6.45, 7) is 5.16. The van der Waals surface area contributed by atoms with Gasteiger partial charge in [-0.2, -0.15) is 5.10 Å². The molecule has 1 fully saturated rings. The number of benzene rings is 2. The second-order valence-electron chi connectivity index (χ2n) is 8.71. The predicted octanol–water partition coefficient (Wildman–Crippen LogP) is 5.09. The van der Waals surface area contributed by atoms with Gasteiger partial charge in [0.05, 0.1) is 16.5 Å². The molecule has 2 aromatic heterocycles. The summed E-state index contributed by atoms with van der Waals surface area (Å²) in [6, 6.07) is 12.1. The fourth-order valence-corrected chi connectivity index (χ4v) is 4.56. The molecule has 10 heteroatoms. The summed E-state index contributed by atoms with van der Waals surface area (Å²) in [6.07, 6.45) is 5.42. The van der Waals surface area contributed by atoms with Gasteiger partial charge in [0.1, 0.15) is 42.3 Å². The van der Waals surface area contributed by atoms with E-state index in [2.05, 4.69) is 28.5 Å². The van der Waals surface area contributed by atoms with Crippen molar-refractivity contribution >= 4 is 34.7 Å². The molecule has 4 aromatic rings. The quantitative estimate of drug-likeness (QED) is 0.278. The lowest BCUT2D eigenvalue weighted by Crippen LogP contribution is -2.34. The highest BCUT2D eigenvalue weighted by molar-refractivity contribution is 6.32. The van der Waals surface area contributed by atoms with E-state index in [1.165, 1.54) is 18.5 Å². The molecule has 3 heterocycles. The molecule has 8 nitrogen and oxygen atoms in total. The number of carbonyl (C=O) groups is 1. The van der Waals surface area contributed by atoms with Crippen molar-refractivity contribution in [2.45, 2.75) is 25.5 Å². The van der Waals surface area contributed by atoms with Crippen molar-refractivity contribution in [3.63, 3.8) is 0 Å². The van der Waals surface area contributed by atoms with Crippen molar-refractivity contribution in [3.05, 3.63) is 77.9 Å². The lowest BCUT2D eigenvalue weighted by molar-refractivity contribution is -0.104. The van der Waals surface area contributed by atoms with Crippen molar-refractivity contribution in [1.82, 2.24) is 24.6 Å². The van der Waals surface area contributed by atoms with E-state index in [0.29, 0.717) is 45.2 Å². The van der Waals surface area contributed by atoms with Crippen LogP contribution in [0.3, 0.4) is 0 Å². The number of piperidine rings is 1. The third-order valence-corrected chi connectivity index (χ3v) is 6.40. The smallest absolute Gasteiger partial charge is 0.164 e. The number of hydrogen-bond acceptors (Lipinski definition) is 7. The number of rotatable bonds is 6. The van der Waals surface area contributed by atoms with Gasteiger partial charge in [0.15, 0.2) is 5.65 Å². The van der Waals surface area contributed by atoms with Crippen molar-refractivity contribution in [2.24, 2.45) is 0 Å². The zero-order chi connectivity index (χ0) is 26.4. The van der Waals surface area contributed by atoms with E-state index in [9.17, 15) is 4.39 Å². The van der Waals surface area contributed by atoms with Crippen LogP contribution in [0.25, 0.3) is 22.3 Å². The van der Waals surface area contributed by atoms with Crippen LogP contribution in [-0.2, 0) is 11.4 Å². The number of likely N-dealkylation sites (N-methyl/N-ethyl adjacent to an activating group) is 1. The highest BCUT2D eigenvalue weighted by atomic mass is 35.5. The first-order valence-corrected chi connectivity index (χ1v) is 12.2. The first-order chi connectivity index (χ1) is 17.9. The lowest BCUT2D eigenvalue weighted by atomic mass is 10.1. The van der Waals surface area contributed by atoms with Crippen LogP contribution in [0.4, 0.5) is 10.2 Å². The van der Waals surface area contributed by atoms with Crippen molar-refractivity contribution in [2.75, 3.05) is 25.9 Å². The Kier molecular flexibility index (Phi) is 8.47. The van der Waals surface area contributed by atoms with Crippen LogP contribution in [0.2, 0.25) is 5.02 Å². The minimum atomic E-state index is -0.314. The minimum absolute atomic E-state index is 0.0826. The normalized spacial score (nSPS) is 15.6. The number of carbonyl (C=O) groups excluding carboxylic acids is 1. The molecular formula is C27H28ClFN6O2. The molecule has 0 aliphatic carbocycles. The highest BCUT2D eigenvalue weighted by Crippen LogP contribution is 2.36. The van der Waals surface area contributed by atoms with Crippen LogP contribution in [0.5, 0.6) is 5.75 Å². The number of fused-ring (bicyclic) bond motifs is 1. The van der Waals surface area contributed by atoms with E-state index in [-0.39, 0.29) is 18.5 Å². The molecule has 37 heavy (non-hydrogen) atoms. The topological polar surface area (TPSA) is 99.2 Å². The number of nitrogens with two attached hydrogens (primary N) is 1. The highest BCUT2D eigenvalue weighted by Gasteiger charge is 2.25. The molecule has 2 aromatic carbocycles. The van der Waals surface area contributed by atoms with Crippen molar-refractivity contribution in [3.8, 4) is 17.0 Å². The number of aromatic nitrogens is 4. The number of nitrogens with zero attached hydrogens (tertiary/aromatic N) is 5. The molecule has 0 radical (unpaired) electrons. The number of ether oxygens (including phenoxy) is 1. The molecule has 2 N–H and O–H groups in total. The second-order valence-corrected chi connectivity index (χ2v) is 9.11. The van der Waals surface area contributed by atoms with E-state index in [0.717, 1.165) is 31.5 Å². The standard InChI is InChI=1S/C24H24ClFN6O.C3H4O/c1-31-10-4-6-17(12-31)32-24-21(23(27)28-14-29-24)22(30-32)15-8-9-20(18(25)11-15)33-13-16-5-2-3-7-19(16)26;1-2-3-4/h2-3,5,7-9,11,14,17H,4,6,10,12-13H2,1H3,(H2,27,28,29);2-3H,1H2. The first-order valence-electron chi connectivity index (χ1n) is 11.8. The largest absolute Gasteiger partial charge is 0.487 e. The number of likely N-dealkylation sites (tertiary alicyclic amines) is 1. The Morgan fingerprint density at radius 3 is 2.76 bits per heavy atom. The third-order valence-electron chi connectivity index (χ3n) is 6.11. The molecule has 0 bridgehead atoms. The van der Waals surface area contributed by atoms with E-state index in [1.54, 1.807) is 30.3 Å². The molecule has 0 spiro atoms. The second kappa shape index (κ2) is 11.9. The molecule has 0 saturated carbocycles. The van der Waals surface area contributed by atoms with Crippen molar-refractivity contribution in [1.29, 1.82) is 0 Å². The SMILES string of the molecule is C=CC=O.CN1CCCC(n2nc(-c3ccc(OCc4ccccc4F)c(Cl)c3)c3c(N)ncnc32)C1. The first kappa shape index (κ1) is 26.2. The van der Waals surface area contributed by atoms with Gasteiger partial charge in [-0.1, -0.05) is 36.4 Å². The molecule has 192 valence electrons. The average molecular weight is 523 g/mol. The van der Waals surface area contributed by atoms with Crippen LogP contribution < -0.4 is 10.5 Å². The van der Waals surface area contributed by atoms with Gasteiger partial charge in [-0.25, -0.2) is 19.0 Å². The molecule has 1 aliphatic rings. The molecule has 1 unspecified atom stereocenters. The summed E-state index contributed by atoms with van der Waals surface area (Å²) in [4.78, 5) is 20.0. The lowest BCUT2D eigenvalue weighted by Gasteiger charge is -2.29. The third kappa shape index (κ3) is 5.95. The Morgan fingerprint density at radius 1 is 1.27 bits per heavy atom. The van der Waals surface area contributed by atoms with E-state index in [1.807, 2.05) is 10.7 Å².